The summed E-state index contributed by atoms with van der Waals surface area (Å²) in [5.41, 5.74) is 2.98. The van der Waals surface area contributed by atoms with Gasteiger partial charge >= 0.3 is 0 Å². The highest BCUT2D eigenvalue weighted by Gasteiger charge is 2.82. The van der Waals surface area contributed by atoms with E-state index >= 15 is 0 Å². The molecule has 5 fully saturated rings. The second kappa shape index (κ2) is 7.58. The number of aliphatic hydroxyl groups excluding tert-OH is 2. The lowest BCUT2D eigenvalue weighted by atomic mass is 9.41. The van der Waals surface area contributed by atoms with Crippen LogP contribution in [0.2, 0.25) is 0 Å². The van der Waals surface area contributed by atoms with E-state index in [1.807, 2.05) is 0 Å². The molecule has 10 atom stereocenters. The molecule has 5 rings (SSSR count). The van der Waals surface area contributed by atoms with E-state index < -0.39 is 0 Å². The molecule has 2 spiro atoms. The van der Waals surface area contributed by atoms with Crippen LogP contribution in [0.3, 0.4) is 0 Å². The molecule has 2 heteroatoms. The second-order valence-electron chi connectivity index (χ2n) is 14.7. The number of hydrogen-bond donors (Lipinski definition) is 2. The van der Waals surface area contributed by atoms with Crippen molar-refractivity contribution in [2.75, 3.05) is 6.61 Å². The molecule has 0 bridgehead atoms. The minimum absolute atomic E-state index is 0.150. The quantitative estimate of drug-likeness (QED) is 0.409. The monoisotopic (exact) mass is 456 g/mol. The summed E-state index contributed by atoms with van der Waals surface area (Å²) in [5, 5.41) is 21.3. The Morgan fingerprint density at radius 1 is 0.879 bits per heavy atom. The summed E-state index contributed by atoms with van der Waals surface area (Å²) in [6.07, 6.45) is 13.8. The van der Waals surface area contributed by atoms with Crippen LogP contribution in [0.15, 0.2) is 12.2 Å². The lowest BCUT2D eigenvalue weighted by Crippen LogP contribution is -2.59. The standard InChI is InChI=1S/C31H52O2/c1-20(2)21(3)8-9-22(4)23-12-14-29(7)25-11-10-24-27(5,19-32)26(33)13-15-30(24)18-31(25,30)17-16-28(23,29)6/h20,22-26,32-33H,3,8-19H2,1-2,4-7H3/t22-,23-,24+,25+,26+,27+,28-,29+,30-,31+/m1/s1. The Balaban J connectivity index is 1.39. The van der Waals surface area contributed by atoms with Gasteiger partial charge in [0.1, 0.15) is 0 Å². The number of hydrogen-bond acceptors (Lipinski definition) is 2. The maximum atomic E-state index is 10.9. The maximum Gasteiger partial charge on any atom is 0.0618 e. The van der Waals surface area contributed by atoms with Gasteiger partial charge in [0.25, 0.3) is 0 Å². The van der Waals surface area contributed by atoms with E-state index in [-0.39, 0.29) is 18.1 Å². The number of rotatable bonds is 6. The zero-order valence-electron chi connectivity index (χ0n) is 22.6. The first-order valence-corrected chi connectivity index (χ1v) is 14.4. The minimum Gasteiger partial charge on any atom is -0.396 e. The lowest BCUT2D eigenvalue weighted by Gasteiger charge is -2.63. The number of fused-ring (bicyclic) bond motifs is 2. The summed E-state index contributed by atoms with van der Waals surface area (Å²) in [6.45, 7) is 19.2. The molecule has 0 unspecified atom stereocenters. The molecule has 5 saturated carbocycles. The second-order valence-corrected chi connectivity index (χ2v) is 14.7. The molecule has 0 aromatic carbocycles. The van der Waals surface area contributed by atoms with Crippen LogP contribution in [0.4, 0.5) is 0 Å². The van der Waals surface area contributed by atoms with Gasteiger partial charge in [0, 0.05) is 5.41 Å². The molecule has 5 aliphatic rings. The van der Waals surface area contributed by atoms with E-state index in [2.05, 4.69) is 48.1 Å². The highest BCUT2D eigenvalue weighted by atomic mass is 16.3. The first-order valence-electron chi connectivity index (χ1n) is 14.4. The molecule has 0 aromatic rings. The van der Waals surface area contributed by atoms with Crippen molar-refractivity contribution in [3.8, 4) is 0 Å². The Morgan fingerprint density at radius 3 is 2.21 bits per heavy atom. The number of aliphatic hydroxyl groups is 2. The maximum absolute atomic E-state index is 10.9. The molecule has 5 aliphatic carbocycles. The Hall–Kier alpha value is -0.340. The summed E-state index contributed by atoms with van der Waals surface area (Å²) >= 11 is 0. The van der Waals surface area contributed by atoms with Crippen molar-refractivity contribution in [1.82, 2.24) is 0 Å². The van der Waals surface area contributed by atoms with Crippen LogP contribution in [0, 0.1) is 56.7 Å². The average molecular weight is 457 g/mol. The summed E-state index contributed by atoms with van der Waals surface area (Å²) in [4.78, 5) is 0. The van der Waals surface area contributed by atoms with Crippen molar-refractivity contribution < 1.29 is 10.2 Å². The third kappa shape index (κ3) is 2.92. The molecular formula is C31H52O2. The predicted molar refractivity (Wildman–Crippen MR) is 137 cm³/mol. The number of allylic oxidation sites excluding steroid dienone is 1. The van der Waals surface area contributed by atoms with Crippen molar-refractivity contribution in [2.24, 2.45) is 56.7 Å². The Morgan fingerprint density at radius 2 is 1.55 bits per heavy atom. The van der Waals surface area contributed by atoms with Gasteiger partial charge in [-0.05, 0) is 122 Å². The van der Waals surface area contributed by atoms with Crippen LogP contribution < -0.4 is 0 Å². The summed E-state index contributed by atoms with van der Waals surface area (Å²) < 4.78 is 0. The third-order valence-corrected chi connectivity index (χ3v) is 13.7. The Kier molecular flexibility index (Phi) is 5.60. The van der Waals surface area contributed by atoms with Gasteiger partial charge in [-0.3, -0.25) is 0 Å². The molecule has 0 saturated heterocycles. The van der Waals surface area contributed by atoms with E-state index in [0.29, 0.717) is 33.5 Å². The first kappa shape index (κ1) is 24.4. The summed E-state index contributed by atoms with van der Waals surface area (Å²) in [7, 11) is 0. The molecule has 0 aliphatic heterocycles. The van der Waals surface area contributed by atoms with Gasteiger partial charge in [0.05, 0.1) is 12.7 Å². The largest absolute Gasteiger partial charge is 0.396 e. The van der Waals surface area contributed by atoms with Crippen LogP contribution in [-0.2, 0) is 0 Å². The Bertz CT molecular complexity index is 803. The summed E-state index contributed by atoms with van der Waals surface area (Å²) in [5.74, 6) is 3.61. The zero-order chi connectivity index (χ0) is 24.0. The molecular weight excluding hydrogens is 404 g/mol. The van der Waals surface area contributed by atoms with E-state index in [1.165, 1.54) is 69.8 Å². The SMILES string of the molecule is C=C(CC[C@@H](C)[C@H]1CC[C@@]2(C)[C@@H]3CC[C@H]4[C@](C)(CO)[C@@H](O)CC[C@@]45C[C@@]35CC[C@]12C)C(C)C. The first-order chi connectivity index (χ1) is 15.4. The predicted octanol–water partition coefficient (Wildman–Crippen LogP) is 7.39. The topological polar surface area (TPSA) is 40.5 Å². The molecule has 0 aromatic heterocycles. The summed E-state index contributed by atoms with van der Waals surface area (Å²) in [6, 6.07) is 0. The highest BCUT2D eigenvalue weighted by Crippen LogP contribution is 2.89. The smallest absolute Gasteiger partial charge is 0.0618 e. The van der Waals surface area contributed by atoms with Crippen molar-refractivity contribution in [3.63, 3.8) is 0 Å². The van der Waals surface area contributed by atoms with Crippen molar-refractivity contribution in [2.45, 2.75) is 118 Å². The van der Waals surface area contributed by atoms with Gasteiger partial charge in [0.15, 0.2) is 0 Å². The molecule has 2 nitrogen and oxygen atoms in total. The van der Waals surface area contributed by atoms with E-state index in [0.717, 1.165) is 24.2 Å². The van der Waals surface area contributed by atoms with Gasteiger partial charge < -0.3 is 10.2 Å². The van der Waals surface area contributed by atoms with Crippen LogP contribution in [-0.4, -0.2) is 22.9 Å². The fraction of sp³-hybridized carbons (Fsp3) is 0.935. The van der Waals surface area contributed by atoms with Crippen molar-refractivity contribution in [1.29, 1.82) is 0 Å². The normalized spacial score (nSPS) is 53.6. The molecule has 0 heterocycles. The van der Waals surface area contributed by atoms with E-state index in [9.17, 15) is 10.2 Å². The van der Waals surface area contributed by atoms with Gasteiger partial charge in [-0.1, -0.05) is 53.7 Å². The van der Waals surface area contributed by atoms with E-state index in [4.69, 9.17) is 0 Å². The fourth-order valence-electron chi connectivity index (χ4n) is 11.3. The van der Waals surface area contributed by atoms with Crippen molar-refractivity contribution in [3.05, 3.63) is 12.2 Å². The zero-order valence-corrected chi connectivity index (χ0v) is 22.6. The van der Waals surface area contributed by atoms with Gasteiger partial charge in [-0.2, -0.15) is 0 Å². The van der Waals surface area contributed by atoms with Crippen LogP contribution >= 0.6 is 0 Å². The molecule has 0 radical (unpaired) electrons. The molecule has 33 heavy (non-hydrogen) atoms. The highest BCUT2D eigenvalue weighted by molar-refractivity contribution is 5.30. The van der Waals surface area contributed by atoms with Crippen LogP contribution in [0.5, 0.6) is 0 Å². The van der Waals surface area contributed by atoms with Gasteiger partial charge in [-0.15, -0.1) is 0 Å². The third-order valence-electron chi connectivity index (χ3n) is 13.7. The van der Waals surface area contributed by atoms with Crippen molar-refractivity contribution >= 4 is 0 Å². The average Bonchev–Trinajstić information content (AvgIpc) is 3.37. The van der Waals surface area contributed by atoms with Gasteiger partial charge in [0.2, 0.25) is 0 Å². The Labute approximate surface area is 204 Å². The molecule has 188 valence electrons. The van der Waals surface area contributed by atoms with Crippen LogP contribution in [0.1, 0.15) is 112 Å². The minimum atomic E-state index is -0.325. The lowest BCUT2D eigenvalue weighted by molar-refractivity contribution is -0.174. The molecule has 2 N–H and O–H groups in total. The fourth-order valence-corrected chi connectivity index (χ4v) is 11.3. The van der Waals surface area contributed by atoms with E-state index in [1.54, 1.807) is 0 Å². The molecule has 0 amide bonds. The van der Waals surface area contributed by atoms with Gasteiger partial charge in [-0.25, -0.2) is 0 Å². The van der Waals surface area contributed by atoms with Crippen LogP contribution in [0.25, 0.3) is 0 Å².